The Morgan fingerprint density at radius 3 is 2.95 bits per heavy atom. The van der Waals surface area contributed by atoms with E-state index in [4.69, 9.17) is 10.8 Å². The molecule has 1 aromatic heterocycles. The molecule has 0 bridgehead atoms. The van der Waals surface area contributed by atoms with Crippen LogP contribution < -0.4 is 11.1 Å². The number of benzene rings is 1. The first-order valence-corrected chi connectivity index (χ1v) is 6.72. The van der Waals surface area contributed by atoms with Gasteiger partial charge in [-0.2, -0.15) is 0 Å². The van der Waals surface area contributed by atoms with Crippen LogP contribution in [0.3, 0.4) is 0 Å². The maximum absolute atomic E-state index is 11.1. The number of nitrogens with zero attached hydrogens (tertiary/aromatic N) is 1. The van der Waals surface area contributed by atoms with E-state index in [2.05, 4.69) is 10.3 Å². The smallest absolute Gasteiger partial charge is 0.337 e. The van der Waals surface area contributed by atoms with E-state index in [9.17, 15) is 4.79 Å². The molecule has 0 saturated heterocycles. The quantitative estimate of drug-likeness (QED) is 0.730. The second-order valence-electron chi connectivity index (χ2n) is 4.11. The summed E-state index contributed by atoms with van der Waals surface area (Å²) in [5, 5.41) is 15.2. The van der Waals surface area contributed by atoms with Crippen molar-refractivity contribution in [3.63, 3.8) is 0 Å². The second kappa shape index (κ2) is 5.71. The van der Waals surface area contributed by atoms with Crippen LogP contribution >= 0.6 is 11.3 Å². The first-order valence-electron chi connectivity index (χ1n) is 5.84. The van der Waals surface area contributed by atoms with Gasteiger partial charge in [-0.05, 0) is 19.1 Å². The number of aryl methyl sites for hydroxylation is 1. The Labute approximate surface area is 115 Å². The number of thiazole rings is 1. The molecular formula is C13H15N3O2S. The Morgan fingerprint density at radius 2 is 2.32 bits per heavy atom. The lowest BCUT2D eigenvalue weighted by Gasteiger charge is -2.11. The zero-order valence-electron chi connectivity index (χ0n) is 10.5. The van der Waals surface area contributed by atoms with Crippen LogP contribution in [0, 0.1) is 6.92 Å². The van der Waals surface area contributed by atoms with Gasteiger partial charge < -0.3 is 16.2 Å². The second-order valence-corrected chi connectivity index (χ2v) is 5.17. The summed E-state index contributed by atoms with van der Waals surface area (Å²) in [4.78, 5) is 15.5. The van der Waals surface area contributed by atoms with Gasteiger partial charge in [0.15, 0.2) is 0 Å². The van der Waals surface area contributed by atoms with Crippen molar-refractivity contribution in [2.75, 3.05) is 17.6 Å². The van der Waals surface area contributed by atoms with Crippen LogP contribution in [0.1, 0.15) is 21.1 Å². The lowest BCUT2D eigenvalue weighted by molar-refractivity contribution is 0.0698. The maximum Gasteiger partial charge on any atom is 0.337 e. The minimum absolute atomic E-state index is 0.189. The number of nitrogens with one attached hydrogen (secondary N) is 1. The fraction of sp³-hybridized carbons (Fsp3) is 0.231. The van der Waals surface area contributed by atoms with E-state index >= 15 is 0 Å². The number of nitrogens with two attached hydrogens (primary N) is 1. The number of aromatic carboxylic acids is 1. The molecule has 0 spiro atoms. The normalized spacial score (nSPS) is 10.4. The lowest BCUT2D eigenvalue weighted by atomic mass is 10.1. The van der Waals surface area contributed by atoms with Crippen LogP contribution in [0.5, 0.6) is 0 Å². The Kier molecular flexibility index (Phi) is 4.01. The summed E-state index contributed by atoms with van der Waals surface area (Å²) in [6, 6.07) is 4.85. The minimum Gasteiger partial charge on any atom is -0.478 e. The van der Waals surface area contributed by atoms with E-state index < -0.39 is 5.97 Å². The number of nitrogen functional groups attached to an aromatic ring is 1. The summed E-state index contributed by atoms with van der Waals surface area (Å²) in [5.74, 6) is -0.987. The van der Waals surface area contributed by atoms with Gasteiger partial charge in [-0.1, -0.05) is 6.07 Å². The number of hydrogen-bond acceptors (Lipinski definition) is 5. The predicted molar refractivity (Wildman–Crippen MR) is 76.9 cm³/mol. The van der Waals surface area contributed by atoms with Crippen molar-refractivity contribution in [1.29, 1.82) is 0 Å². The average Bonchev–Trinajstić information content (AvgIpc) is 2.77. The number of carboxylic acids is 1. The third-order valence-corrected chi connectivity index (χ3v) is 3.50. The largest absolute Gasteiger partial charge is 0.478 e. The van der Waals surface area contributed by atoms with Gasteiger partial charge >= 0.3 is 5.97 Å². The monoisotopic (exact) mass is 277 g/mol. The zero-order chi connectivity index (χ0) is 13.8. The Balaban J connectivity index is 2.05. The van der Waals surface area contributed by atoms with Gasteiger partial charge in [-0.15, -0.1) is 11.3 Å². The lowest BCUT2D eigenvalue weighted by Crippen LogP contribution is -2.11. The molecule has 0 radical (unpaired) electrons. The number of para-hydroxylation sites is 1. The molecule has 0 aliphatic heterocycles. The van der Waals surface area contributed by atoms with Crippen molar-refractivity contribution in [2.24, 2.45) is 0 Å². The average molecular weight is 277 g/mol. The molecule has 2 rings (SSSR count). The van der Waals surface area contributed by atoms with Crippen molar-refractivity contribution in [2.45, 2.75) is 13.3 Å². The first kappa shape index (κ1) is 13.4. The minimum atomic E-state index is -0.987. The highest BCUT2D eigenvalue weighted by Gasteiger charge is 2.12. The first-order chi connectivity index (χ1) is 9.08. The van der Waals surface area contributed by atoms with Gasteiger partial charge in [0.05, 0.1) is 27.6 Å². The molecule has 0 fully saturated rings. The number of aromatic nitrogens is 1. The molecule has 5 nitrogen and oxygen atoms in total. The van der Waals surface area contributed by atoms with Crippen molar-refractivity contribution >= 4 is 28.7 Å². The Hall–Kier alpha value is -2.08. The molecule has 0 unspecified atom stereocenters. The van der Waals surface area contributed by atoms with Crippen LogP contribution in [-0.4, -0.2) is 22.6 Å². The van der Waals surface area contributed by atoms with Gasteiger partial charge in [0.2, 0.25) is 0 Å². The predicted octanol–water partition coefficient (Wildman–Crippen LogP) is 2.39. The number of anilines is 2. The number of carboxylic acid groups (broad SMARTS) is 1. The molecular weight excluding hydrogens is 262 g/mol. The third-order valence-electron chi connectivity index (χ3n) is 2.68. The van der Waals surface area contributed by atoms with E-state index in [1.165, 1.54) is 6.07 Å². The molecule has 0 saturated carbocycles. The molecule has 100 valence electrons. The highest BCUT2D eigenvalue weighted by molar-refractivity contribution is 7.09. The molecule has 4 N–H and O–H groups in total. The van der Waals surface area contributed by atoms with Crippen LogP contribution in [0.4, 0.5) is 11.4 Å². The van der Waals surface area contributed by atoms with Gasteiger partial charge in [0, 0.05) is 18.3 Å². The van der Waals surface area contributed by atoms with Crippen molar-refractivity contribution < 1.29 is 9.90 Å². The van der Waals surface area contributed by atoms with E-state index in [0.717, 1.165) is 17.1 Å². The summed E-state index contributed by atoms with van der Waals surface area (Å²) in [6.45, 7) is 2.55. The topological polar surface area (TPSA) is 88.2 Å². The summed E-state index contributed by atoms with van der Waals surface area (Å²) in [5.41, 5.74) is 7.91. The van der Waals surface area contributed by atoms with E-state index in [-0.39, 0.29) is 5.56 Å². The van der Waals surface area contributed by atoms with Crippen molar-refractivity contribution in [3.8, 4) is 0 Å². The van der Waals surface area contributed by atoms with E-state index in [1.54, 1.807) is 23.5 Å². The molecule has 1 aromatic carbocycles. The standard InChI is InChI=1S/C13H15N3O2S/c1-8-16-9(7-19-8)5-6-15-12-10(13(17)18)3-2-4-11(12)14/h2-4,7,15H,5-6,14H2,1H3,(H,17,18). The molecule has 0 amide bonds. The molecule has 0 aliphatic carbocycles. The molecule has 2 aromatic rings. The van der Waals surface area contributed by atoms with Crippen LogP contribution in [0.2, 0.25) is 0 Å². The van der Waals surface area contributed by atoms with Crippen LogP contribution in [-0.2, 0) is 6.42 Å². The molecule has 6 heteroatoms. The number of rotatable bonds is 5. The van der Waals surface area contributed by atoms with Gasteiger partial charge in [0.1, 0.15) is 0 Å². The van der Waals surface area contributed by atoms with E-state index in [0.29, 0.717) is 17.9 Å². The molecule has 0 aliphatic rings. The fourth-order valence-electron chi connectivity index (χ4n) is 1.78. The van der Waals surface area contributed by atoms with Gasteiger partial charge in [-0.3, -0.25) is 0 Å². The Morgan fingerprint density at radius 1 is 1.53 bits per heavy atom. The highest BCUT2D eigenvalue weighted by Crippen LogP contribution is 2.23. The van der Waals surface area contributed by atoms with Gasteiger partial charge in [0.25, 0.3) is 0 Å². The van der Waals surface area contributed by atoms with Crippen LogP contribution in [0.15, 0.2) is 23.6 Å². The third kappa shape index (κ3) is 3.23. The molecule has 19 heavy (non-hydrogen) atoms. The van der Waals surface area contributed by atoms with Crippen molar-refractivity contribution in [3.05, 3.63) is 39.8 Å². The Bertz CT molecular complexity index is 595. The fourth-order valence-corrected chi connectivity index (χ4v) is 2.43. The summed E-state index contributed by atoms with van der Waals surface area (Å²) >= 11 is 1.60. The number of hydrogen-bond donors (Lipinski definition) is 3. The number of carbonyl (C=O) groups is 1. The maximum atomic E-state index is 11.1. The summed E-state index contributed by atoms with van der Waals surface area (Å²) < 4.78 is 0. The van der Waals surface area contributed by atoms with Crippen LogP contribution in [0.25, 0.3) is 0 Å². The molecule has 1 heterocycles. The zero-order valence-corrected chi connectivity index (χ0v) is 11.3. The highest BCUT2D eigenvalue weighted by atomic mass is 32.1. The van der Waals surface area contributed by atoms with Gasteiger partial charge in [-0.25, -0.2) is 9.78 Å². The summed E-state index contributed by atoms with van der Waals surface area (Å²) in [7, 11) is 0. The SMILES string of the molecule is Cc1nc(CCNc2c(N)cccc2C(=O)O)cs1. The molecule has 0 atom stereocenters. The van der Waals surface area contributed by atoms with Crippen molar-refractivity contribution in [1.82, 2.24) is 4.98 Å². The summed E-state index contributed by atoms with van der Waals surface area (Å²) in [6.07, 6.45) is 0.734. The van der Waals surface area contributed by atoms with E-state index in [1.807, 2.05) is 12.3 Å².